The van der Waals surface area contributed by atoms with Crippen LogP contribution in [0.5, 0.6) is 0 Å². The van der Waals surface area contributed by atoms with E-state index in [1.807, 2.05) is 6.07 Å². The fraction of sp³-hybridized carbons (Fsp3) is 0.286. The molecule has 0 radical (unpaired) electrons. The van der Waals surface area contributed by atoms with Crippen molar-refractivity contribution >= 4 is 5.91 Å². The first-order valence-corrected chi connectivity index (χ1v) is 9.09. The maximum Gasteiger partial charge on any atom is 0.272 e. The Morgan fingerprint density at radius 2 is 2.04 bits per heavy atom. The van der Waals surface area contributed by atoms with E-state index < -0.39 is 0 Å². The predicted octanol–water partition coefficient (Wildman–Crippen LogP) is 3.82. The van der Waals surface area contributed by atoms with Crippen LogP contribution in [0.2, 0.25) is 0 Å². The smallest absolute Gasteiger partial charge is 0.272 e. The number of oxazole rings is 1. The monoisotopic (exact) mass is 365 g/mol. The fourth-order valence-electron chi connectivity index (χ4n) is 3.44. The lowest BCUT2D eigenvalue weighted by atomic mass is 9.97. The molecule has 0 N–H and O–H groups in total. The van der Waals surface area contributed by atoms with Crippen molar-refractivity contribution in [2.45, 2.75) is 25.2 Å². The second kappa shape index (κ2) is 7.70. The minimum absolute atomic E-state index is 0.0424. The molecule has 0 saturated carbocycles. The van der Waals surface area contributed by atoms with Crippen LogP contribution in [0.3, 0.4) is 0 Å². The number of hydrogen-bond acceptors (Lipinski definition) is 4. The van der Waals surface area contributed by atoms with Gasteiger partial charge in [-0.05, 0) is 36.6 Å². The van der Waals surface area contributed by atoms with Crippen LogP contribution in [0.4, 0.5) is 4.39 Å². The summed E-state index contributed by atoms with van der Waals surface area (Å²) in [4.78, 5) is 23.0. The molecule has 3 heterocycles. The highest BCUT2D eigenvalue weighted by atomic mass is 19.1. The zero-order valence-corrected chi connectivity index (χ0v) is 14.8. The summed E-state index contributed by atoms with van der Waals surface area (Å²) in [6, 6.07) is 12.0. The summed E-state index contributed by atoms with van der Waals surface area (Å²) in [5.41, 5.74) is 1.03. The molecule has 27 heavy (non-hydrogen) atoms. The molecule has 1 atom stereocenters. The van der Waals surface area contributed by atoms with Gasteiger partial charge in [0.2, 0.25) is 0 Å². The van der Waals surface area contributed by atoms with Crippen molar-refractivity contribution in [2.24, 2.45) is 0 Å². The minimum atomic E-state index is -0.250. The number of carbonyl (C=O) groups excluding carboxylic acids is 1. The lowest BCUT2D eigenvalue weighted by molar-refractivity contribution is 0.0692. The number of carbonyl (C=O) groups is 1. The molecule has 1 amide bonds. The Hall–Kier alpha value is -3.02. The maximum absolute atomic E-state index is 13.8. The molecule has 1 aliphatic rings. The molecule has 0 spiro atoms. The summed E-state index contributed by atoms with van der Waals surface area (Å²) in [5.74, 6) is 0.961. The molecule has 1 unspecified atom stereocenters. The van der Waals surface area contributed by atoms with Crippen LogP contribution >= 0.6 is 0 Å². The van der Waals surface area contributed by atoms with Gasteiger partial charge in [0.1, 0.15) is 17.3 Å². The van der Waals surface area contributed by atoms with Crippen LogP contribution in [0.15, 0.2) is 59.3 Å². The van der Waals surface area contributed by atoms with Crippen molar-refractivity contribution in [1.29, 1.82) is 0 Å². The largest absolute Gasteiger partial charge is 0.445 e. The van der Waals surface area contributed by atoms with Gasteiger partial charge in [-0.25, -0.2) is 9.37 Å². The lowest BCUT2D eigenvalue weighted by Crippen LogP contribution is -2.39. The molecule has 2 aromatic heterocycles. The summed E-state index contributed by atoms with van der Waals surface area (Å²) in [6.07, 6.45) is 5.43. The molecule has 1 fully saturated rings. The van der Waals surface area contributed by atoms with E-state index in [-0.39, 0.29) is 17.6 Å². The number of halogens is 1. The van der Waals surface area contributed by atoms with Gasteiger partial charge in [0.25, 0.3) is 5.91 Å². The number of piperidine rings is 1. The van der Waals surface area contributed by atoms with E-state index in [4.69, 9.17) is 4.42 Å². The van der Waals surface area contributed by atoms with Crippen LogP contribution in [-0.2, 0) is 6.42 Å². The van der Waals surface area contributed by atoms with Crippen molar-refractivity contribution in [2.75, 3.05) is 13.1 Å². The van der Waals surface area contributed by atoms with Gasteiger partial charge >= 0.3 is 0 Å². The molecule has 138 valence electrons. The van der Waals surface area contributed by atoms with E-state index in [1.165, 1.54) is 6.07 Å². The Bertz CT molecular complexity index is 926. The van der Waals surface area contributed by atoms with Crippen molar-refractivity contribution in [3.8, 4) is 0 Å². The lowest BCUT2D eigenvalue weighted by Gasteiger charge is -2.31. The first-order chi connectivity index (χ1) is 13.2. The third-order valence-corrected chi connectivity index (χ3v) is 4.84. The van der Waals surface area contributed by atoms with Gasteiger partial charge < -0.3 is 9.32 Å². The van der Waals surface area contributed by atoms with Crippen molar-refractivity contribution < 1.29 is 13.6 Å². The molecule has 1 saturated heterocycles. The van der Waals surface area contributed by atoms with Gasteiger partial charge in [-0.3, -0.25) is 9.78 Å². The number of aromatic nitrogens is 2. The summed E-state index contributed by atoms with van der Waals surface area (Å²) in [6.45, 7) is 1.25. The number of nitrogens with zero attached hydrogens (tertiary/aromatic N) is 3. The van der Waals surface area contributed by atoms with E-state index in [0.29, 0.717) is 42.4 Å². The van der Waals surface area contributed by atoms with Gasteiger partial charge in [-0.2, -0.15) is 0 Å². The van der Waals surface area contributed by atoms with Crippen LogP contribution in [-0.4, -0.2) is 33.9 Å². The minimum Gasteiger partial charge on any atom is -0.445 e. The van der Waals surface area contributed by atoms with Crippen LogP contribution in [0, 0.1) is 5.82 Å². The maximum atomic E-state index is 13.8. The molecule has 4 rings (SSSR count). The Morgan fingerprint density at radius 1 is 1.19 bits per heavy atom. The molecule has 1 aromatic carbocycles. The molecule has 3 aromatic rings. The fourth-order valence-corrected chi connectivity index (χ4v) is 3.44. The highest BCUT2D eigenvalue weighted by Crippen LogP contribution is 2.28. The third kappa shape index (κ3) is 3.89. The van der Waals surface area contributed by atoms with Gasteiger partial charge in [-0.1, -0.05) is 24.3 Å². The standard InChI is InChI=1S/C21H20FN3O2/c22-18-8-2-1-6-15(18)12-17-13-24-20(27-17)16-7-5-11-25(14-16)21(26)19-9-3-4-10-23-19/h1-4,6,8-10,13,16H,5,7,11-12,14H2. The molecule has 0 bridgehead atoms. The van der Waals surface area contributed by atoms with Gasteiger partial charge in [0.05, 0.1) is 12.1 Å². The molecular formula is C21H20FN3O2. The van der Waals surface area contributed by atoms with Crippen LogP contribution in [0.1, 0.15) is 46.5 Å². The SMILES string of the molecule is O=C(c1ccccn1)N1CCCC(c2ncc(Cc3ccccc3F)o2)C1. The van der Waals surface area contributed by atoms with E-state index in [0.717, 1.165) is 12.8 Å². The highest BCUT2D eigenvalue weighted by molar-refractivity contribution is 5.92. The zero-order valence-electron chi connectivity index (χ0n) is 14.8. The average Bonchev–Trinajstić information content (AvgIpc) is 3.19. The predicted molar refractivity (Wildman–Crippen MR) is 97.8 cm³/mol. The normalized spacial score (nSPS) is 17.1. The summed E-state index contributed by atoms with van der Waals surface area (Å²) >= 11 is 0. The molecular weight excluding hydrogens is 345 g/mol. The van der Waals surface area contributed by atoms with Crippen molar-refractivity contribution in [1.82, 2.24) is 14.9 Å². The molecule has 1 aliphatic heterocycles. The Kier molecular flexibility index (Phi) is 4.96. The number of hydrogen-bond donors (Lipinski definition) is 0. The zero-order chi connectivity index (χ0) is 18.6. The Morgan fingerprint density at radius 3 is 2.85 bits per heavy atom. The number of benzene rings is 1. The summed E-state index contributed by atoms with van der Waals surface area (Å²) in [7, 11) is 0. The second-order valence-electron chi connectivity index (χ2n) is 6.74. The second-order valence-corrected chi connectivity index (χ2v) is 6.74. The van der Waals surface area contributed by atoms with Crippen LogP contribution in [0.25, 0.3) is 0 Å². The quantitative estimate of drug-likeness (QED) is 0.705. The third-order valence-electron chi connectivity index (χ3n) is 4.84. The van der Waals surface area contributed by atoms with E-state index in [2.05, 4.69) is 9.97 Å². The summed E-state index contributed by atoms with van der Waals surface area (Å²) < 4.78 is 19.7. The highest BCUT2D eigenvalue weighted by Gasteiger charge is 2.28. The van der Waals surface area contributed by atoms with Gasteiger partial charge in [-0.15, -0.1) is 0 Å². The average molecular weight is 365 g/mol. The Balaban J connectivity index is 1.45. The van der Waals surface area contributed by atoms with E-state index >= 15 is 0 Å². The number of rotatable bonds is 4. The molecule has 5 nitrogen and oxygen atoms in total. The number of pyridine rings is 1. The van der Waals surface area contributed by atoms with Crippen molar-refractivity contribution in [3.05, 3.63) is 83.6 Å². The first-order valence-electron chi connectivity index (χ1n) is 9.09. The summed E-state index contributed by atoms with van der Waals surface area (Å²) in [5, 5.41) is 0. The topological polar surface area (TPSA) is 59.2 Å². The molecule has 6 heteroatoms. The van der Waals surface area contributed by atoms with E-state index in [1.54, 1.807) is 47.6 Å². The first kappa shape index (κ1) is 17.4. The Labute approximate surface area is 156 Å². The number of likely N-dealkylation sites (tertiary alicyclic amines) is 1. The number of amides is 1. The van der Waals surface area contributed by atoms with Gasteiger partial charge in [0.15, 0.2) is 5.89 Å². The van der Waals surface area contributed by atoms with Gasteiger partial charge in [0, 0.05) is 25.7 Å². The van der Waals surface area contributed by atoms with Crippen molar-refractivity contribution in [3.63, 3.8) is 0 Å². The van der Waals surface area contributed by atoms with Crippen LogP contribution < -0.4 is 0 Å². The molecule has 0 aliphatic carbocycles. The van der Waals surface area contributed by atoms with E-state index in [9.17, 15) is 9.18 Å².